The summed E-state index contributed by atoms with van der Waals surface area (Å²) in [5, 5.41) is 2.66. The standard InChI is InChI=1S/C11H13F2NO2/c12-11(13)7-14-6-8-1-2-9-10(5-8)16-4-3-15-9/h1-2,5,11,14H,3-4,6-7H2. The molecule has 1 aliphatic rings. The minimum Gasteiger partial charge on any atom is -0.486 e. The molecular formula is C11H13F2NO2. The normalized spacial score (nSPS) is 14.2. The molecule has 0 aliphatic carbocycles. The first-order chi connectivity index (χ1) is 7.75. The fourth-order valence-corrected chi connectivity index (χ4v) is 1.52. The number of nitrogens with one attached hydrogen (secondary N) is 1. The molecule has 88 valence electrons. The van der Waals surface area contributed by atoms with Crippen LogP contribution in [0.2, 0.25) is 0 Å². The molecule has 1 aliphatic heterocycles. The van der Waals surface area contributed by atoms with Crippen molar-refractivity contribution in [2.24, 2.45) is 0 Å². The molecule has 0 radical (unpaired) electrons. The summed E-state index contributed by atoms with van der Waals surface area (Å²) in [4.78, 5) is 0. The highest BCUT2D eigenvalue weighted by molar-refractivity contribution is 5.43. The molecule has 0 atom stereocenters. The summed E-state index contributed by atoms with van der Waals surface area (Å²) in [7, 11) is 0. The molecule has 3 nitrogen and oxygen atoms in total. The lowest BCUT2D eigenvalue weighted by atomic mass is 10.2. The molecule has 0 aromatic heterocycles. The molecule has 1 aromatic rings. The topological polar surface area (TPSA) is 30.5 Å². The van der Waals surface area contributed by atoms with Gasteiger partial charge in [-0.25, -0.2) is 8.78 Å². The van der Waals surface area contributed by atoms with Crippen LogP contribution in [0.4, 0.5) is 8.78 Å². The van der Waals surface area contributed by atoms with Gasteiger partial charge in [0.15, 0.2) is 11.5 Å². The van der Waals surface area contributed by atoms with Gasteiger partial charge in [-0.1, -0.05) is 6.07 Å². The molecule has 2 rings (SSSR count). The van der Waals surface area contributed by atoms with Gasteiger partial charge in [0.25, 0.3) is 6.43 Å². The number of halogens is 2. The first-order valence-electron chi connectivity index (χ1n) is 5.13. The van der Waals surface area contributed by atoms with E-state index in [4.69, 9.17) is 9.47 Å². The van der Waals surface area contributed by atoms with Crippen molar-refractivity contribution in [1.82, 2.24) is 5.32 Å². The third-order valence-electron chi connectivity index (χ3n) is 2.23. The summed E-state index contributed by atoms with van der Waals surface area (Å²) in [6.45, 7) is 1.19. The number of rotatable bonds is 4. The van der Waals surface area contributed by atoms with Crippen LogP contribution in [0.5, 0.6) is 11.5 Å². The van der Waals surface area contributed by atoms with Crippen molar-refractivity contribution in [3.63, 3.8) is 0 Å². The summed E-state index contributed by atoms with van der Waals surface area (Å²) in [6.07, 6.45) is -2.32. The van der Waals surface area contributed by atoms with E-state index >= 15 is 0 Å². The Morgan fingerprint density at radius 3 is 2.69 bits per heavy atom. The summed E-state index contributed by atoms with van der Waals surface area (Å²) in [5.41, 5.74) is 0.907. The van der Waals surface area contributed by atoms with Crippen LogP contribution in [0, 0.1) is 0 Å². The number of alkyl halides is 2. The molecule has 5 heteroatoms. The van der Waals surface area contributed by atoms with Crippen molar-refractivity contribution in [1.29, 1.82) is 0 Å². The number of fused-ring (bicyclic) bond motifs is 1. The molecule has 1 N–H and O–H groups in total. The Balaban J connectivity index is 1.95. The fraction of sp³-hybridized carbons (Fsp3) is 0.455. The predicted molar refractivity (Wildman–Crippen MR) is 55.1 cm³/mol. The Bertz CT molecular complexity index is 358. The number of benzene rings is 1. The molecule has 0 unspecified atom stereocenters. The number of hydrogen-bond donors (Lipinski definition) is 1. The number of hydrogen-bond acceptors (Lipinski definition) is 3. The predicted octanol–water partition coefficient (Wildman–Crippen LogP) is 1.81. The van der Waals surface area contributed by atoms with Crippen LogP contribution < -0.4 is 14.8 Å². The largest absolute Gasteiger partial charge is 0.486 e. The van der Waals surface area contributed by atoms with Crippen LogP contribution in [-0.2, 0) is 6.54 Å². The molecule has 0 saturated carbocycles. The lowest BCUT2D eigenvalue weighted by Gasteiger charge is -2.18. The van der Waals surface area contributed by atoms with Crippen LogP contribution in [0.15, 0.2) is 18.2 Å². The van der Waals surface area contributed by atoms with Crippen molar-refractivity contribution in [2.75, 3.05) is 19.8 Å². The highest BCUT2D eigenvalue weighted by atomic mass is 19.3. The second-order valence-corrected chi connectivity index (χ2v) is 3.50. The first kappa shape index (κ1) is 11.1. The molecule has 16 heavy (non-hydrogen) atoms. The zero-order valence-corrected chi connectivity index (χ0v) is 8.71. The van der Waals surface area contributed by atoms with Gasteiger partial charge in [-0.05, 0) is 17.7 Å². The minimum atomic E-state index is -2.32. The van der Waals surface area contributed by atoms with E-state index in [-0.39, 0.29) is 6.54 Å². The second kappa shape index (κ2) is 5.12. The highest BCUT2D eigenvalue weighted by Crippen LogP contribution is 2.30. The van der Waals surface area contributed by atoms with Gasteiger partial charge >= 0.3 is 0 Å². The lowest BCUT2D eigenvalue weighted by Crippen LogP contribution is -2.21. The quantitative estimate of drug-likeness (QED) is 0.854. The van der Waals surface area contributed by atoms with Gasteiger partial charge in [-0.2, -0.15) is 0 Å². The van der Waals surface area contributed by atoms with Crippen LogP contribution >= 0.6 is 0 Å². The Labute approximate surface area is 92.4 Å². The monoisotopic (exact) mass is 229 g/mol. The van der Waals surface area contributed by atoms with E-state index in [9.17, 15) is 8.78 Å². The minimum absolute atomic E-state index is 0.297. The van der Waals surface area contributed by atoms with Crippen molar-refractivity contribution in [3.8, 4) is 11.5 Å². The van der Waals surface area contributed by atoms with Crippen LogP contribution in [-0.4, -0.2) is 26.2 Å². The molecule has 0 bridgehead atoms. The fourth-order valence-electron chi connectivity index (χ4n) is 1.52. The Morgan fingerprint density at radius 1 is 1.19 bits per heavy atom. The molecular weight excluding hydrogens is 216 g/mol. The average Bonchev–Trinajstić information content (AvgIpc) is 2.28. The molecule has 0 spiro atoms. The summed E-state index contributed by atoms with van der Waals surface area (Å²) in [5.74, 6) is 1.39. The molecule has 0 saturated heterocycles. The van der Waals surface area contributed by atoms with E-state index in [0.29, 0.717) is 31.3 Å². The summed E-state index contributed by atoms with van der Waals surface area (Å²) < 4.78 is 34.6. The molecule has 1 heterocycles. The van der Waals surface area contributed by atoms with E-state index in [1.54, 1.807) is 6.07 Å². The second-order valence-electron chi connectivity index (χ2n) is 3.50. The first-order valence-corrected chi connectivity index (χ1v) is 5.13. The summed E-state index contributed by atoms with van der Waals surface area (Å²) in [6, 6.07) is 5.45. The van der Waals surface area contributed by atoms with E-state index < -0.39 is 6.43 Å². The Hall–Kier alpha value is -1.36. The van der Waals surface area contributed by atoms with Gasteiger partial charge < -0.3 is 14.8 Å². The van der Waals surface area contributed by atoms with E-state index in [1.807, 2.05) is 12.1 Å². The van der Waals surface area contributed by atoms with Crippen molar-refractivity contribution in [3.05, 3.63) is 23.8 Å². The zero-order valence-electron chi connectivity index (χ0n) is 8.71. The van der Waals surface area contributed by atoms with Crippen molar-refractivity contribution < 1.29 is 18.3 Å². The maximum absolute atomic E-state index is 11.9. The van der Waals surface area contributed by atoms with Gasteiger partial charge in [-0.15, -0.1) is 0 Å². The number of ether oxygens (including phenoxy) is 2. The Morgan fingerprint density at radius 2 is 1.94 bits per heavy atom. The smallest absolute Gasteiger partial charge is 0.250 e. The highest BCUT2D eigenvalue weighted by Gasteiger charge is 2.11. The SMILES string of the molecule is FC(F)CNCc1ccc2c(c1)OCCO2. The van der Waals surface area contributed by atoms with Crippen molar-refractivity contribution >= 4 is 0 Å². The Kier molecular flexibility index (Phi) is 3.56. The van der Waals surface area contributed by atoms with Gasteiger partial charge in [-0.3, -0.25) is 0 Å². The van der Waals surface area contributed by atoms with Crippen molar-refractivity contribution in [2.45, 2.75) is 13.0 Å². The third-order valence-corrected chi connectivity index (χ3v) is 2.23. The van der Waals surface area contributed by atoms with E-state index in [0.717, 1.165) is 5.56 Å². The van der Waals surface area contributed by atoms with Crippen LogP contribution in [0.25, 0.3) is 0 Å². The lowest BCUT2D eigenvalue weighted by molar-refractivity contribution is 0.145. The third kappa shape index (κ3) is 2.82. The van der Waals surface area contributed by atoms with Gasteiger partial charge in [0.05, 0.1) is 6.54 Å². The average molecular weight is 229 g/mol. The van der Waals surface area contributed by atoms with Gasteiger partial charge in [0.2, 0.25) is 0 Å². The van der Waals surface area contributed by atoms with Gasteiger partial charge in [0.1, 0.15) is 13.2 Å². The van der Waals surface area contributed by atoms with E-state index in [2.05, 4.69) is 5.32 Å². The zero-order chi connectivity index (χ0) is 11.4. The van der Waals surface area contributed by atoms with E-state index in [1.165, 1.54) is 0 Å². The molecule has 0 fully saturated rings. The maximum atomic E-state index is 11.9. The summed E-state index contributed by atoms with van der Waals surface area (Å²) >= 11 is 0. The maximum Gasteiger partial charge on any atom is 0.250 e. The molecule has 1 aromatic carbocycles. The molecule has 0 amide bonds. The van der Waals surface area contributed by atoms with Crippen LogP contribution in [0.3, 0.4) is 0 Å². The van der Waals surface area contributed by atoms with Gasteiger partial charge in [0, 0.05) is 6.54 Å². The van der Waals surface area contributed by atoms with Crippen LogP contribution in [0.1, 0.15) is 5.56 Å².